The highest BCUT2D eigenvalue weighted by Gasteiger charge is 2.48. The monoisotopic (exact) mass is 446 g/mol. The predicted octanol–water partition coefficient (Wildman–Crippen LogP) is 5.64. The number of hydrogen-bond donors (Lipinski definition) is 0. The van der Waals surface area contributed by atoms with Crippen LogP contribution in [0.25, 0.3) is 0 Å². The van der Waals surface area contributed by atoms with Crippen LogP contribution in [-0.4, -0.2) is 13.9 Å². The molecule has 0 saturated carbocycles. The smallest absolute Gasteiger partial charge is 0.457 e. The van der Waals surface area contributed by atoms with Gasteiger partial charge in [0, 0.05) is 21.1 Å². The topological polar surface area (TPSA) is 43.4 Å². The third-order valence-corrected chi connectivity index (χ3v) is 5.99. The van der Waals surface area contributed by atoms with E-state index in [1.54, 1.807) is 0 Å². The molecule has 2 aromatic carbocycles. The van der Waals surface area contributed by atoms with Crippen LogP contribution in [0.3, 0.4) is 0 Å². The van der Waals surface area contributed by atoms with Crippen molar-refractivity contribution >= 4 is 37.4 Å². The Hall–Kier alpha value is -1.32. The summed E-state index contributed by atoms with van der Waals surface area (Å²) in [5, 5.41) is 0.0676. The first-order valence-corrected chi connectivity index (χ1v) is 8.83. The number of sulfone groups is 1. The molecule has 3 nitrogen and oxygen atoms in total. The highest BCUT2D eigenvalue weighted by atomic mass is 79.9. The molecule has 130 valence electrons. The SMILES string of the molecule is Cc1c(Oc2cc(F)cc(Cl)c2)ccc(S(=O)(=O)C(F)(F)F)c1Br. The lowest BCUT2D eigenvalue weighted by Gasteiger charge is -2.15. The largest absolute Gasteiger partial charge is 0.501 e. The fourth-order valence-electron chi connectivity index (χ4n) is 1.80. The summed E-state index contributed by atoms with van der Waals surface area (Å²) in [6, 6.07) is 5.20. The van der Waals surface area contributed by atoms with E-state index in [9.17, 15) is 26.0 Å². The van der Waals surface area contributed by atoms with Crippen LogP contribution in [0.5, 0.6) is 11.5 Å². The molecular weight excluding hydrogens is 440 g/mol. The maximum atomic E-state index is 13.3. The minimum atomic E-state index is -5.52. The van der Waals surface area contributed by atoms with Gasteiger partial charge in [0.1, 0.15) is 17.3 Å². The Balaban J connectivity index is 2.48. The van der Waals surface area contributed by atoms with Crippen LogP contribution in [0.1, 0.15) is 5.56 Å². The minimum absolute atomic E-state index is 0.0152. The second-order valence-electron chi connectivity index (χ2n) is 4.66. The minimum Gasteiger partial charge on any atom is -0.457 e. The van der Waals surface area contributed by atoms with Crippen LogP contribution in [0.2, 0.25) is 5.02 Å². The summed E-state index contributed by atoms with van der Waals surface area (Å²) >= 11 is 8.53. The van der Waals surface area contributed by atoms with E-state index in [0.717, 1.165) is 24.3 Å². The zero-order valence-electron chi connectivity index (χ0n) is 11.8. The van der Waals surface area contributed by atoms with E-state index in [-0.39, 0.29) is 26.6 Å². The molecule has 10 heteroatoms. The predicted molar refractivity (Wildman–Crippen MR) is 83.6 cm³/mol. The van der Waals surface area contributed by atoms with Crippen LogP contribution in [0.4, 0.5) is 17.6 Å². The fourth-order valence-corrected chi connectivity index (χ4v) is 3.86. The highest BCUT2D eigenvalue weighted by molar-refractivity contribution is 9.10. The lowest BCUT2D eigenvalue weighted by Crippen LogP contribution is -2.23. The van der Waals surface area contributed by atoms with Crippen molar-refractivity contribution in [2.75, 3.05) is 0 Å². The molecular formula is C14H8BrClF4O3S. The number of halogens is 6. The van der Waals surface area contributed by atoms with Gasteiger partial charge in [0.2, 0.25) is 0 Å². The molecule has 0 fully saturated rings. The molecule has 2 aromatic rings. The van der Waals surface area contributed by atoms with Crippen LogP contribution < -0.4 is 4.74 Å². The normalized spacial score (nSPS) is 12.3. The summed E-state index contributed by atoms with van der Waals surface area (Å²) in [4.78, 5) is -0.933. The number of rotatable bonds is 3. The van der Waals surface area contributed by atoms with Gasteiger partial charge in [-0.05, 0) is 47.1 Å². The van der Waals surface area contributed by atoms with Crippen molar-refractivity contribution in [3.63, 3.8) is 0 Å². The Kier molecular flexibility index (Phi) is 5.17. The van der Waals surface area contributed by atoms with E-state index in [1.807, 2.05) is 0 Å². The van der Waals surface area contributed by atoms with Gasteiger partial charge in [-0.15, -0.1) is 0 Å². The van der Waals surface area contributed by atoms with E-state index < -0.39 is 26.1 Å². The van der Waals surface area contributed by atoms with Crippen molar-refractivity contribution < 1.29 is 30.7 Å². The van der Waals surface area contributed by atoms with Crippen LogP contribution in [0.15, 0.2) is 39.7 Å². The van der Waals surface area contributed by atoms with Gasteiger partial charge >= 0.3 is 5.51 Å². The number of hydrogen-bond acceptors (Lipinski definition) is 3. The molecule has 2 rings (SSSR count). The van der Waals surface area contributed by atoms with Gasteiger partial charge in [-0.25, -0.2) is 12.8 Å². The average Bonchev–Trinajstić information content (AvgIpc) is 2.41. The van der Waals surface area contributed by atoms with Gasteiger partial charge < -0.3 is 4.74 Å². The van der Waals surface area contributed by atoms with E-state index in [0.29, 0.717) is 0 Å². The summed E-state index contributed by atoms with van der Waals surface area (Å²) in [5.74, 6) is -0.600. The summed E-state index contributed by atoms with van der Waals surface area (Å²) in [6.45, 7) is 1.36. The Morgan fingerprint density at radius 2 is 1.79 bits per heavy atom. The third kappa shape index (κ3) is 3.68. The maximum absolute atomic E-state index is 13.3. The molecule has 0 bridgehead atoms. The quantitative estimate of drug-likeness (QED) is 0.572. The summed E-state index contributed by atoms with van der Waals surface area (Å²) < 4.78 is 79.4. The maximum Gasteiger partial charge on any atom is 0.501 e. The van der Waals surface area contributed by atoms with Gasteiger partial charge in [-0.1, -0.05) is 11.6 Å². The Morgan fingerprint density at radius 3 is 2.33 bits per heavy atom. The average molecular weight is 448 g/mol. The van der Waals surface area contributed by atoms with Gasteiger partial charge in [0.25, 0.3) is 9.84 Å². The lowest BCUT2D eigenvalue weighted by molar-refractivity contribution is -0.0436. The molecule has 0 atom stereocenters. The molecule has 24 heavy (non-hydrogen) atoms. The Morgan fingerprint density at radius 1 is 1.17 bits per heavy atom. The van der Waals surface area contributed by atoms with Crippen molar-refractivity contribution in [2.45, 2.75) is 17.3 Å². The summed E-state index contributed by atoms with van der Waals surface area (Å²) in [6.07, 6.45) is 0. The molecule has 0 saturated heterocycles. The molecule has 0 N–H and O–H groups in total. The van der Waals surface area contributed by atoms with Gasteiger partial charge in [0.05, 0.1) is 4.90 Å². The van der Waals surface area contributed by atoms with Crippen molar-refractivity contribution in [2.24, 2.45) is 0 Å². The number of ether oxygens (including phenoxy) is 1. The van der Waals surface area contributed by atoms with Crippen LogP contribution in [0, 0.1) is 12.7 Å². The number of alkyl halides is 3. The van der Waals surface area contributed by atoms with Crippen molar-refractivity contribution in [1.82, 2.24) is 0 Å². The zero-order valence-corrected chi connectivity index (χ0v) is 14.9. The highest BCUT2D eigenvalue weighted by Crippen LogP contribution is 2.39. The fraction of sp³-hybridized carbons (Fsp3) is 0.143. The first-order valence-electron chi connectivity index (χ1n) is 6.18. The van der Waals surface area contributed by atoms with E-state index in [2.05, 4.69) is 15.9 Å². The molecule has 0 aliphatic carbocycles. The van der Waals surface area contributed by atoms with Crippen LogP contribution >= 0.6 is 27.5 Å². The molecule has 0 amide bonds. The summed E-state index contributed by atoms with van der Waals surface area (Å²) in [5.41, 5.74) is -5.33. The Bertz CT molecular complexity index is 877. The van der Waals surface area contributed by atoms with Gasteiger partial charge in [0.15, 0.2) is 0 Å². The number of benzene rings is 2. The molecule has 0 aromatic heterocycles. The lowest BCUT2D eigenvalue weighted by atomic mass is 10.2. The molecule has 0 aliphatic rings. The third-order valence-electron chi connectivity index (χ3n) is 2.96. The van der Waals surface area contributed by atoms with Gasteiger partial charge in [-0.3, -0.25) is 0 Å². The van der Waals surface area contributed by atoms with Crippen molar-refractivity contribution in [3.8, 4) is 11.5 Å². The van der Waals surface area contributed by atoms with Gasteiger partial charge in [-0.2, -0.15) is 13.2 Å². The first kappa shape index (κ1) is 19.0. The molecule has 0 heterocycles. The van der Waals surface area contributed by atoms with E-state index in [1.165, 1.54) is 13.0 Å². The second-order valence-corrected chi connectivity index (χ2v) is 7.80. The van der Waals surface area contributed by atoms with Crippen molar-refractivity contribution in [3.05, 3.63) is 51.2 Å². The molecule has 0 radical (unpaired) electrons. The van der Waals surface area contributed by atoms with E-state index >= 15 is 0 Å². The zero-order chi connectivity index (χ0) is 18.3. The van der Waals surface area contributed by atoms with Crippen molar-refractivity contribution in [1.29, 1.82) is 0 Å². The molecule has 0 aliphatic heterocycles. The molecule has 0 unspecified atom stereocenters. The standard InChI is InChI=1S/C14H8BrClF4O3S/c1-7-11(23-10-5-8(16)4-9(17)6-10)2-3-12(13(7)15)24(21,22)14(18,19)20/h2-6H,1H3. The second kappa shape index (κ2) is 6.53. The van der Waals surface area contributed by atoms with E-state index in [4.69, 9.17) is 16.3 Å². The summed E-state index contributed by atoms with van der Waals surface area (Å²) in [7, 11) is -5.52. The molecule has 0 spiro atoms. The first-order chi connectivity index (χ1) is 10.9. The van der Waals surface area contributed by atoms with Crippen LogP contribution in [-0.2, 0) is 9.84 Å². The Labute approximate surface area is 148 Å².